The molecular weight excluding hydrogens is 488 g/mol. The van der Waals surface area contributed by atoms with Crippen LogP contribution in [0.1, 0.15) is 20.7 Å². The number of carbonyl (C=O) groups excluding carboxylic acids is 2. The molecule has 182 valence electrons. The van der Waals surface area contributed by atoms with Gasteiger partial charge in [0.25, 0.3) is 0 Å². The average molecular weight is 507 g/mol. The Bertz CT molecular complexity index is 2540. The highest BCUT2D eigenvalue weighted by molar-refractivity contribution is 6.55. The van der Waals surface area contributed by atoms with Gasteiger partial charge in [-0.1, -0.05) is 97.1 Å². The summed E-state index contributed by atoms with van der Waals surface area (Å²) in [5.41, 5.74) is 1.42. The summed E-state index contributed by atoms with van der Waals surface area (Å²) in [4.78, 5) is 25.3. The van der Waals surface area contributed by atoms with Crippen LogP contribution in [0.4, 0.5) is 0 Å². The Morgan fingerprint density at radius 1 is 0.300 bits per heavy atom. The van der Waals surface area contributed by atoms with E-state index in [0.717, 1.165) is 77.2 Å². The molecule has 10 aromatic rings. The van der Waals surface area contributed by atoms with Crippen LogP contribution >= 0.6 is 0 Å². The van der Waals surface area contributed by atoms with Crippen molar-refractivity contribution in [2.75, 3.05) is 0 Å². The van der Waals surface area contributed by atoms with E-state index >= 15 is 0 Å². The van der Waals surface area contributed by atoms with Gasteiger partial charge in [0.2, 0.25) is 0 Å². The van der Waals surface area contributed by atoms with Gasteiger partial charge in [-0.3, -0.25) is 9.59 Å². The third kappa shape index (κ3) is 2.11. The first-order chi connectivity index (χ1) is 19.8. The molecule has 40 heavy (non-hydrogen) atoms. The van der Waals surface area contributed by atoms with Crippen LogP contribution in [0.2, 0.25) is 0 Å². The Labute approximate surface area is 227 Å². The summed E-state index contributed by atoms with van der Waals surface area (Å²) in [5.74, 6) is 0. The van der Waals surface area contributed by atoms with Crippen LogP contribution in [0.15, 0.2) is 97.1 Å². The van der Waals surface area contributed by atoms with Crippen LogP contribution in [-0.4, -0.2) is 12.6 Å². The second-order valence-corrected chi connectivity index (χ2v) is 11.1. The van der Waals surface area contributed by atoms with Crippen molar-refractivity contribution in [3.63, 3.8) is 0 Å². The summed E-state index contributed by atoms with van der Waals surface area (Å²) >= 11 is 0. The molecule has 0 bridgehead atoms. The van der Waals surface area contributed by atoms with Crippen molar-refractivity contribution >= 4 is 110 Å². The molecule has 0 N–H and O–H groups in total. The van der Waals surface area contributed by atoms with E-state index in [9.17, 15) is 9.59 Å². The van der Waals surface area contributed by atoms with Crippen LogP contribution in [0.3, 0.4) is 0 Å². The normalized spacial score (nSPS) is 12.7. The topological polar surface area (TPSA) is 34.1 Å². The predicted molar refractivity (Wildman–Crippen MR) is 168 cm³/mol. The minimum absolute atomic E-state index is 0.709. The fourth-order valence-electron chi connectivity index (χ4n) is 7.98. The van der Waals surface area contributed by atoms with Crippen molar-refractivity contribution in [1.82, 2.24) is 0 Å². The Hall–Kier alpha value is -5.34. The average Bonchev–Trinajstić information content (AvgIpc) is 3.02. The lowest BCUT2D eigenvalue weighted by Crippen LogP contribution is -1.99. The third-order valence-corrected chi connectivity index (χ3v) is 9.41. The number of hydrogen-bond donors (Lipinski definition) is 0. The summed E-state index contributed by atoms with van der Waals surface area (Å²) in [6.07, 6.45) is 2.02. The maximum absolute atomic E-state index is 12.7. The van der Waals surface area contributed by atoms with Gasteiger partial charge in [0.1, 0.15) is 0 Å². The van der Waals surface area contributed by atoms with E-state index < -0.39 is 0 Å². The van der Waals surface area contributed by atoms with Gasteiger partial charge >= 0.3 is 0 Å². The Kier molecular flexibility index (Phi) is 3.50. The van der Waals surface area contributed by atoms with E-state index in [-0.39, 0.29) is 0 Å². The van der Waals surface area contributed by atoms with Crippen molar-refractivity contribution < 1.29 is 9.59 Å². The molecule has 0 fully saturated rings. The summed E-state index contributed by atoms with van der Waals surface area (Å²) in [6, 6.07) is 34.1. The second kappa shape index (κ2) is 6.80. The molecule has 0 atom stereocenters. The van der Waals surface area contributed by atoms with Crippen LogP contribution in [-0.2, 0) is 0 Å². The highest BCUT2D eigenvalue weighted by atomic mass is 16.1. The first kappa shape index (κ1) is 20.6. The summed E-state index contributed by atoms with van der Waals surface area (Å²) in [6.45, 7) is 0. The van der Waals surface area contributed by atoms with Crippen molar-refractivity contribution in [1.29, 1.82) is 0 Å². The number of fused-ring (bicyclic) bond motifs is 8. The standard InChI is InChI=1S/C38H18O2/c39-17-21-11-10-20-14-16-28-24-6-2-4-8-26(24)34-32-22(18-40)12-9-19-13-15-27-23-5-1-3-7-25(23)33-31(21)30(20)36(28)38(34)37(33)35(27)29(19)32/h1-18H. The number of benzene rings is 10. The highest BCUT2D eigenvalue weighted by Crippen LogP contribution is 2.55. The molecule has 10 aromatic carbocycles. The lowest BCUT2D eigenvalue weighted by atomic mass is 9.77. The Morgan fingerprint density at radius 2 is 0.650 bits per heavy atom. The molecule has 2 nitrogen and oxygen atoms in total. The summed E-state index contributed by atoms with van der Waals surface area (Å²) in [5, 5.41) is 20.5. The zero-order valence-electron chi connectivity index (χ0n) is 21.2. The molecule has 0 aliphatic carbocycles. The molecule has 0 spiro atoms. The van der Waals surface area contributed by atoms with E-state index in [1.54, 1.807) is 0 Å². The quantitative estimate of drug-likeness (QED) is 0.133. The molecule has 2 heteroatoms. The number of rotatable bonds is 2. The van der Waals surface area contributed by atoms with E-state index in [2.05, 4.69) is 84.9 Å². The minimum Gasteiger partial charge on any atom is -0.298 e. The van der Waals surface area contributed by atoms with E-state index in [0.29, 0.717) is 11.1 Å². The SMILES string of the molecule is O=Cc1ccc2ccc3c4ccccc4c4c5c(C=O)ccc6ccc7c8ccccc8c8c1c2c3c4c8c7c65. The third-order valence-electron chi connectivity index (χ3n) is 9.41. The second-order valence-electron chi connectivity index (χ2n) is 11.1. The molecule has 0 aliphatic heterocycles. The van der Waals surface area contributed by atoms with Gasteiger partial charge < -0.3 is 0 Å². The highest BCUT2D eigenvalue weighted by Gasteiger charge is 2.27. The molecule has 10 rings (SSSR count). The van der Waals surface area contributed by atoms with Gasteiger partial charge in [-0.25, -0.2) is 0 Å². The lowest BCUT2D eigenvalue weighted by molar-refractivity contribution is 0.111. The first-order valence-electron chi connectivity index (χ1n) is 13.6. The number of hydrogen-bond acceptors (Lipinski definition) is 2. The lowest BCUT2D eigenvalue weighted by Gasteiger charge is -2.25. The van der Waals surface area contributed by atoms with Crippen molar-refractivity contribution in [2.45, 2.75) is 0 Å². The fourth-order valence-corrected chi connectivity index (χ4v) is 7.98. The van der Waals surface area contributed by atoms with Gasteiger partial charge in [-0.2, -0.15) is 0 Å². The van der Waals surface area contributed by atoms with Crippen LogP contribution in [0.25, 0.3) is 97.0 Å². The molecule has 0 radical (unpaired) electrons. The Balaban J connectivity index is 1.80. The van der Waals surface area contributed by atoms with Gasteiger partial charge in [0.05, 0.1) is 0 Å². The summed E-state index contributed by atoms with van der Waals surface area (Å²) < 4.78 is 0. The van der Waals surface area contributed by atoms with E-state index in [1.807, 2.05) is 12.1 Å². The Morgan fingerprint density at radius 3 is 1.07 bits per heavy atom. The van der Waals surface area contributed by atoms with Crippen LogP contribution in [0, 0.1) is 0 Å². The molecule has 0 amide bonds. The largest absolute Gasteiger partial charge is 0.298 e. The molecule has 0 unspecified atom stereocenters. The molecular formula is C38H18O2. The van der Waals surface area contributed by atoms with Gasteiger partial charge in [-0.05, 0) is 86.2 Å². The monoisotopic (exact) mass is 506 g/mol. The predicted octanol–water partition coefficient (Wildman–Crippen LogP) is 10.0. The van der Waals surface area contributed by atoms with Crippen molar-refractivity contribution in [2.24, 2.45) is 0 Å². The zero-order valence-corrected chi connectivity index (χ0v) is 21.2. The minimum atomic E-state index is 0.709. The zero-order chi connectivity index (χ0) is 26.3. The van der Waals surface area contributed by atoms with E-state index in [4.69, 9.17) is 0 Å². The molecule has 0 heterocycles. The van der Waals surface area contributed by atoms with Crippen molar-refractivity contribution in [3.05, 3.63) is 108 Å². The maximum Gasteiger partial charge on any atom is 0.150 e. The van der Waals surface area contributed by atoms with Crippen LogP contribution < -0.4 is 0 Å². The molecule has 0 aliphatic rings. The van der Waals surface area contributed by atoms with Crippen LogP contribution in [0.5, 0.6) is 0 Å². The van der Waals surface area contributed by atoms with Gasteiger partial charge in [-0.15, -0.1) is 0 Å². The smallest absolute Gasteiger partial charge is 0.150 e. The molecule has 0 saturated heterocycles. The summed E-state index contributed by atoms with van der Waals surface area (Å²) in [7, 11) is 0. The number of aldehydes is 2. The molecule has 0 saturated carbocycles. The maximum atomic E-state index is 12.7. The van der Waals surface area contributed by atoms with Crippen molar-refractivity contribution in [3.8, 4) is 0 Å². The van der Waals surface area contributed by atoms with Gasteiger partial charge in [0.15, 0.2) is 12.6 Å². The first-order valence-corrected chi connectivity index (χ1v) is 13.6. The molecule has 0 aromatic heterocycles. The van der Waals surface area contributed by atoms with Gasteiger partial charge in [0, 0.05) is 21.9 Å². The number of carbonyl (C=O) groups is 2. The van der Waals surface area contributed by atoms with E-state index in [1.165, 1.54) is 32.3 Å². The fraction of sp³-hybridized carbons (Fsp3) is 0.